The number of rotatable bonds is 7. The number of aryl methyl sites for hydroxylation is 1. The first kappa shape index (κ1) is 21.5. The minimum atomic E-state index is -3.65. The van der Waals surface area contributed by atoms with E-state index in [0.29, 0.717) is 44.0 Å². The maximum Gasteiger partial charge on any atom is 0.251 e. The molecule has 7 heteroatoms. The Morgan fingerprint density at radius 3 is 2.48 bits per heavy atom. The molecular weight excluding hydrogens is 388 g/mol. The summed E-state index contributed by atoms with van der Waals surface area (Å²) in [6, 6.07) is 14.9. The molecule has 6 nitrogen and oxygen atoms in total. The number of ether oxygens (including phenoxy) is 1. The summed E-state index contributed by atoms with van der Waals surface area (Å²) < 4.78 is 32.7. The van der Waals surface area contributed by atoms with Crippen molar-refractivity contribution in [2.45, 2.75) is 31.1 Å². The van der Waals surface area contributed by atoms with E-state index in [1.165, 1.54) is 15.9 Å². The van der Waals surface area contributed by atoms with E-state index in [4.69, 9.17) is 4.74 Å². The van der Waals surface area contributed by atoms with Gasteiger partial charge in [0.25, 0.3) is 5.91 Å². The molecule has 1 amide bonds. The maximum absolute atomic E-state index is 13.0. The van der Waals surface area contributed by atoms with E-state index < -0.39 is 10.0 Å². The first-order valence-electron chi connectivity index (χ1n) is 9.95. The molecule has 2 aromatic rings. The van der Waals surface area contributed by atoms with Gasteiger partial charge in [0.2, 0.25) is 10.0 Å². The predicted octanol–water partition coefficient (Wildman–Crippen LogP) is 2.94. The van der Waals surface area contributed by atoms with Crippen LogP contribution in [0.5, 0.6) is 0 Å². The molecule has 2 aromatic carbocycles. The Labute approximate surface area is 172 Å². The fourth-order valence-electron chi connectivity index (χ4n) is 3.49. The summed E-state index contributed by atoms with van der Waals surface area (Å²) in [4.78, 5) is 12.9. The topological polar surface area (TPSA) is 75.7 Å². The molecule has 1 aliphatic rings. The molecule has 1 saturated heterocycles. The highest BCUT2D eigenvalue weighted by Gasteiger charge is 2.28. The molecule has 0 aromatic heterocycles. The first-order valence-corrected chi connectivity index (χ1v) is 11.4. The summed E-state index contributed by atoms with van der Waals surface area (Å²) in [5.74, 6) is -0.0556. The van der Waals surface area contributed by atoms with Crippen LogP contribution in [0, 0.1) is 6.92 Å². The number of carbonyl (C=O) groups excluding carboxylic acids is 1. The minimum Gasteiger partial charge on any atom is -0.379 e. The average molecular weight is 417 g/mol. The van der Waals surface area contributed by atoms with E-state index in [-0.39, 0.29) is 16.7 Å². The van der Waals surface area contributed by atoms with E-state index in [9.17, 15) is 13.2 Å². The number of carbonyl (C=O) groups is 1. The second kappa shape index (κ2) is 9.52. The molecule has 1 fully saturated rings. The lowest BCUT2D eigenvalue weighted by Crippen LogP contribution is -2.41. The van der Waals surface area contributed by atoms with Crippen LogP contribution in [-0.2, 0) is 14.8 Å². The van der Waals surface area contributed by atoms with E-state index in [0.717, 1.165) is 6.42 Å². The predicted molar refractivity (Wildman–Crippen MR) is 113 cm³/mol. The van der Waals surface area contributed by atoms with Crippen LogP contribution in [0.3, 0.4) is 0 Å². The quantitative estimate of drug-likeness (QED) is 0.753. The second-order valence-electron chi connectivity index (χ2n) is 7.22. The van der Waals surface area contributed by atoms with Crippen molar-refractivity contribution in [2.75, 3.05) is 32.8 Å². The van der Waals surface area contributed by atoms with Crippen molar-refractivity contribution in [3.8, 4) is 0 Å². The van der Waals surface area contributed by atoms with Crippen molar-refractivity contribution in [3.05, 3.63) is 65.2 Å². The SMILES string of the molecule is CCC(CNC(=O)c1ccc(C)c(S(=O)(=O)N2CCOCC2)c1)c1ccccc1. The largest absolute Gasteiger partial charge is 0.379 e. The molecule has 0 spiro atoms. The van der Waals surface area contributed by atoms with Crippen molar-refractivity contribution in [1.29, 1.82) is 0 Å². The number of hydrogen-bond acceptors (Lipinski definition) is 4. The van der Waals surface area contributed by atoms with E-state index >= 15 is 0 Å². The lowest BCUT2D eigenvalue weighted by Gasteiger charge is -2.26. The summed E-state index contributed by atoms with van der Waals surface area (Å²) in [5, 5.41) is 2.96. The first-order chi connectivity index (χ1) is 13.9. The summed E-state index contributed by atoms with van der Waals surface area (Å²) in [6.45, 7) is 5.76. The van der Waals surface area contributed by atoms with Gasteiger partial charge in [-0.25, -0.2) is 8.42 Å². The van der Waals surface area contributed by atoms with Crippen LogP contribution >= 0.6 is 0 Å². The third-order valence-corrected chi connectivity index (χ3v) is 7.35. The van der Waals surface area contributed by atoms with E-state index in [2.05, 4.69) is 24.4 Å². The molecule has 1 aliphatic heterocycles. The highest BCUT2D eigenvalue weighted by molar-refractivity contribution is 7.89. The number of morpholine rings is 1. The normalized spacial score (nSPS) is 16.3. The molecule has 0 saturated carbocycles. The number of benzene rings is 2. The van der Waals surface area contributed by atoms with Crippen molar-refractivity contribution < 1.29 is 17.9 Å². The summed E-state index contributed by atoms with van der Waals surface area (Å²) in [7, 11) is -3.65. The van der Waals surface area contributed by atoms with Gasteiger partial charge < -0.3 is 10.1 Å². The Balaban J connectivity index is 1.75. The van der Waals surface area contributed by atoms with Crippen LogP contribution in [0.15, 0.2) is 53.4 Å². The third kappa shape index (κ3) is 5.04. The van der Waals surface area contributed by atoms with Gasteiger partial charge in [0, 0.05) is 31.1 Å². The number of amides is 1. The van der Waals surface area contributed by atoms with Gasteiger partial charge in [0.15, 0.2) is 0 Å². The van der Waals surface area contributed by atoms with Crippen molar-refractivity contribution in [2.24, 2.45) is 0 Å². The monoisotopic (exact) mass is 416 g/mol. The van der Waals surface area contributed by atoms with Crippen LogP contribution in [0.2, 0.25) is 0 Å². The molecule has 1 atom stereocenters. The Hall–Kier alpha value is -2.22. The van der Waals surface area contributed by atoms with E-state index in [1.807, 2.05) is 18.2 Å². The Bertz CT molecular complexity index is 939. The van der Waals surface area contributed by atoms with Gasteiger partial charge in [-0.1, -0.05) is 43.3 Å². The van der Waals surface area contributed by atoms with Gasteiger partial charge in [-0.2, -0.15) is 4.31 Å². The highest BCUT2D eigenvalue weighted by Crippen LogP contribution is 2.23. The van der Waals surface area contributed by atoms with Crippen molar-refractivity contribution in [1.82, 2.24) is 9.62 Å². The molecule has 1 unspecified atom stereocenters. The van der Waals surface area contributed by atoms with Gasteiger partial charge in [0.05, 0.1) is 18.1 Å². The molecule has 0 radical (unpaired) electrons. The maximum atomic E-state index is 13.0. The average Bonchev–Trinajstić information content (AvgIpc) is 2.75. The zero-order chi connectivity index (χ0) is 20.9. The van der Waals surface area contributed by atoms with Crippen LogP contribution in [0.1, 0.15) is 40.7 Å². The van der Waals surface area contributed by atoms with Crippen LogP contribution in [0.4, 0.5) is 0 Å². The van der Waals surface area contributed by atoms with Gasteiger partial charge in [-0.3, -0.25) is 4.79 Å². The Kier molecular flexibility index (Phi) is 7.05. The summed E-state index contributed by atoms with van der Waals surface area (Å²) in [5.41, 5.74) is 2.16. The smallest absolute Gasteiger partial charge is 0.251 e. The number of nitrogens with one attached hydrogen (secondary N) is 1. The van der Waals surface area contributed by atoms with E-state index in [1.54, 1.807) is 19.1 Å². The van der Waals surface area contributed by atoms with Gasteiger partial charge in [-0.05, 0) is 36.6 Å². The third-order valence-electron chi connectivity index (χ3n) is 5.31. The number of sulfonamides is 1. The summed E-state index contributed by atoms with van der Waals surface area (Å²) in [6.07, 6.45) is 0.898. The zero-order valence-electron chi connectivity index (χ0n) is 16.9. The zero-order valence-corrected chi connectivity index (χ0v) is 17.7. The fourth-order valence-corrected chi connectivity index (χ4v) is 5.15. The molecular formula is C22H28N2O4S. The number of hydrogen-bond donors (Lipinski definition) is 1. The van der Waals surface area contributed by atoms with Crippen molar-refractivity contribution >= 4 is 15.9 Å². The minimum absolute atomic E-state index is 0.183. The fraction of sp³-hybridized carbons (Fsp3) is 0.409. The molecule has 1 heterocycles. The molecule has 0 bridgehead atoms. The van der Waals surface area contributed by atoms with Crippen LogP contribution in [-0.4, -0.2) is 51.5 Å². The summed E-state index contributed by atoms with van der Waals surface area (Å²) >= 11 is 0. The molecule has 1 N–H and O–H groups in total. The lowest BCUT2D eigenvalue weighted by atomic mass is 9.96. The highest BCUT2D eigenvalue weighted by atomic mass is 32.2. The molecule has 0 aliphatic carbocycles. The van der Waals surface area contributed by atoms with Crippen molar-refractivity contribution in [3.63, 3.8) is 0 Å². The van der Waals surface area contributed by atoms with Gasteiger partial charge in [0.1, 0.15) is 0 Å². The molecule has 156 valence electrons. The number of nitrogens with zero attached hydrogens (tertiary/aromatic N) is 1. The molecule has 29 heavy (non-hydrogen) atoms. The second-order valence-corrected chi connectivity index (χ2v) is 9.13. The standard InChI is InChI=1S/C22H28N2O4S/c1-3-18(19-7-5-4-6-8-19)16-23-22(25)20-10-9-17(2)21(15-20)29(26,27)24-11-13-28-14-12-24/h4-10,15,18H,3,11-14,16H2,1-2H3,(H,23,25). The van der Waals surface area contributed by atoms with Gasteiger partial charge >= 0.3 is 0 Å². The Morgan fingerprint density at radius 1 is 1.14 bits per heavy atom. The molecule has 3 rings (SSSR count). The lowest BCUT2D eigenvalue weighted by molar-refractivity contribution is 0.0730. The van der Waals surface area contributed by atoms with Crippen LogP contribution in [0.25, 0.3) is 0 Å². The Morgan fingerprint density at radius 2 is 1.83 bits per heavy atom. The van der Waals surface area contributed by atoms with Gasteiger partial charge in [-0.15, -0.1) is 0 Å². The van der Waals surface area contributed by atoms with Crippen LogP contribution < -0.4 is 5.32 Å².